The standard InChI is InChI=1S/C23H27N7O2S/c1-17(29-11-4-3-5-12-29)18-9-10-24-22(13-18)30-16-20(15-26-30)33(31,32)27-21-8-6-7-19-14-25-28(2)23(19)21/h6-10,13-17,27H,3-5,11-12H2,1-2H3/t17-/m0/s1. The molecule has 33 heavy (non-hydrogen) atoms. The third-order valence-corrected chi connectivity index (χ3v) is 7.62. The van der Waals surface area contributed by atoms with E-state index in [-0.39, 0.29) is 10.9 Å². The Hall–Kier alpha value is -3.24. The molecule has 9 nitrogen and oxygen atoms in total. The van der Waals surface area contributed by atoms with Gasteiger partial charge in [-0.3, -0.25) is 14.3 Å². The second-order valence-corrected chi connectivity index (χ2v) is 10.1. The van der Waals surface area contributed by atoms with Gasteiger partial charge >= 0.3 is 0 Å². The molecular weight excluding hydrogens is 438 g/mol. The maximum absolute atomic E-state index is 13.1. The van der Waals surface area contributed by atoms with Crippen LogP contribution in [0.3, 0.4) is 0 Å². The Kier molecular flexibility index (Phi) is 5.63. The number of anilines is 1. The van der Waals surface area contributed by atoms with Crippen LogP contribution in [0.1, 0.15) is 37.8 Å². The molecule has 172 valence electrons. The average molecular weight is 466 g/mol. The number of hydrogen-bond acceptors (Lipinski definition) is 6. The lowest BCUT2D eigenvalue weighted by Gasteiger charge is -2.32. The lowest BCUT2D eigenvalue weighted by molar-refractivity contribution is 0.175. The fourth-order valence-electron chi connectivity index (χ4n) is 4.43. The Balaban J connectivity index is 1.40. The summed E-state index contributed by atoms with van der Waals surface area (Å²) in [4.78, 5) is 6.96. The largest absolute Gasteiger partial charge is 0.297 e. The van der Waals surface area contributed by atoms with Crippen LogP contribution in [0, 0.1) is 0 Å². The molecule has 0 unspecified atom stereocenters. The third kappa shape index (κ3) is 4.23. The second kappa shape index (κ2) is 8.60. The molecule has 1 fully saturated rings. The minimum Gasteiger partial charge on any atom is -0.297 e. The van der Waals surface area contributed by atoms with Gasteiger partial charge in [0.05, 0.1) is 29.8 Å². The van der Waals surface area contributed by atoms with E-state index in [1.54, 1.807) is 36.3 Å². The smallest absolute Gasteiger partial charge is 0.265 e. The fourth-order valence-corrected chi connectivity index (χ4v) is 5.42. The van der Waals surface area contributed by atoms with Gasteiger partial charge in [-0.05, 0) is 56.6 Å². The summed E-state index contributed by atoms with van der Waals surface area (Å²) >= 11 is 0. The van der Waals surface area contributed by atoms with E-state index in [4.69, 9.17) is 0 Å². The maximum atomic E-state index is 13.1. The van der Waals surface area contributed by atoms with Gasteiger partial charge in [-0.25, -0.2) is 18.1 Å². The van der Waals surface area contributed by atoms with Crippen molar-refractivity contribution in [2.24, 2.45) is 7.05 Å². The van der Waals surface area contributed by atoms with E-state index in [0.29, 0.717) is 11.5 Å². The zero-order valence-electron chi connectivity index (χ0n) is 18.7. The number of benzene rings is 1. The molecule has 3 aromatic heterocycles. The number of para-hydroxylation sites is 1. The molecule has 0 bridgehead atoms. The van der Waals surface area contributed by atoms with Crippen LogP contribution in [0.25, 0.3) is 16.7 Å². The first kappa shape index (κ1) is 21.6. The van der Waals surface area contributed by atoms with Crippen molar-refractivity contribution >= 4 is 26.6 Å². The molecule has 10 heteroatoms. The Labute approximate surface area is 193 Å². The number of fused-ring (bicyclic) bond motifs is 1. The minimum atomic E-state index is -3.84. The van der Waals surface area contributed by atoms with Gasteiger partial charge in [-0.1, -0.05) is 18.6 Å². The maximum Gasteiger partial charge on any atom is 0.265 e. The number of pyridine rings is 1. The summed E-state index contributed by atoms with van der Waals surface area (Å²) in [5, 5.41) is 9.35. The van der Waals surface area contributed by atoms with Gasteiger partial charge in [0.2, 0.25) is 0 Å². The van der Waals surface area contributed by atoms with Crippen molar-refractivity contribution in [2.45, 2.75) is 37.1 Å². The number of likely N-dealkylation sites (tertiary alicyclic amines) is 1. The van der Waals surface area contributed by atoms with Crippen LogP contribution in [0.4, 0.5) is 5.69 Å². The monoisotopic (exact) mass is 465 g/mol. The summed E-state index contributed by atoms with van der Waals surface area (Å²) in [7, 11) is -2.06. The number of aryl methyl sites for hydroxylation is 1. The predicted octanol–water partition coefficient (Wildman–Crippen LogP) is 3.50. The van der Waals surface area contributed by atoms with Crippen LogP contribution in [-0.2, 0) is 17.1 Å². The van der Waals surface area contributed by atoms with Crippen molar-refractivity contribution in [1.29, 1.82) is 0 Å². The van der Waals surface area contributed by atoms with Gasteiger partial charge in [0.15, 0.2) is 5.82 Å². The van der Waals surface area contributed by atoms with Crippen molar-refractivity contribution in [3.63, 3.8) is 0 Å². The second-order valence-electron chi connectivity index (χ2n) is 8.46. The van der Waals surface area contributed by atoms with Crippen LogP contribution in [0.15, 0.2) is 60.0 Å². The van der Waals surface area contributed by atoms with Crippen molar-refractivity contribution in [3.8, 4) is 5.82 Å². The zero-order chi connectivity index (χ0) is 23.0. The number of hydrogen-bond donors (Lipinski definition) is 1. The topological polar surface area (TPSA) is 97.9 Å². The summed E-state index contributed by atoms with van der Waals surface area (Å²) in [6, 6.07) is 9.67. The van der Waals surface area contributed by atoms with E-state index in [1.165, 1.54) is 36.3 Å². The number of nitrogens with one attached hydrogen (secondary N) is 1. The van der Waals surface area contributed by atoms with Gasteiger partial charge in [-0.2, -0.15) is 10.2 Å². The number of sulfonamides is 1. The van der Waals surface area contributed by atoms with E-state index in [9.17, 15) is 8.42 Å². The molecule has 0 radical (unpaired) electrons. The van der Waals surface area contributed by atoms with Crippen molar-refractivity contribution in [1.82, 2.24) is 29.4 Å². The highest BCUT2D eigenvalue weighted by Gasteiger charge is 2.21. The van der Waals surface area contributed by atoms with E-state index < -0.39 is 10.0 Å². The van der Waals surface area contributed by atoms with Gasteiger partial charge in [0.1, 0.15) is 4.90 Å². The van der Waals surface area contributed by atoms with Crippen molar-refractivity contribution < 1.29 is 8.42 Å². The Bertz CT molecular complexity index is 1390. The summed E-state index contributed by atoms with van der Waals surface area (Å²) in [5.41, 5.74) is 2.33. The first-order valence-corrected chi connectivity index (χ1v) is 12.6. The van der Waals surface area contributed by atoms with Gasteiger partial charge in [0.25, 0.3) is 10.0 Å². The summed E-state index contributed by atoms with van der Waals surface area (Å²) < 4.78 is 32.0. The highest BCUT2D eigenvalue weighted by Crippen LogP contribution is 2.27. The molecule has 5 rings (SSSR count). The molecule has 1 N–H and O–H groups in total. The Morgan fingerprint density at radius 3 is 2.70 bits per heavy atom. The van der Waals surface area contributed by atoms with Crippen LogP contribution in [0.2, 0.25) is 0 Å². The fraction of sp³-hybridized carbons (Fsp3) is 0.348. The first-order chi connectivity index (χ1) is 15.9. The molecule has 1 aromatic carbocycles. The lowest BCUT2D eigenvalue weighted by atomic mass is 10.0. The normalized spacial score (nSPS) is 16.2. The Morgan fingerprint density at radius 2 is 1.88 bits per heavy atom. The van der Waals surface area contributed by atoms with E-state index in [0.717, 1.165) is 29.6 Å². The van der Waals surface area contributed by atoms with Gasteiger partial charge in [-0.15, -0.1) is 0 Å². The van der Waals surface area contributed by atoms with Crippen LogP contribution >= 0.6 is 0 Å². The SMILES string of the molecule is C[C@@H](c1ccnc(-n2cc(S(=O)(=O)Nc3cccc4cnn(C)c34)cn2)c1)N1CCCCC1. The minimum absolute atomic E-state index is 0.0675. The molecular formula is C23H27N7O2S. The lowest BCUT2D eigenvalue weighted by Crippen LogP contribution is -2.32. The number of aromatic nitrogens is 5. The highest BCUT2D eigenvalue weighted by molar-refractivity contribution is 7.92. The molecule has 4 heterocycles. The molecule has 4 aromatic rings. The number of nitrogens with zero attached hydrogens (tertiary/aromatic N) is 6. The molecule has 0 aliphatic carbocycles. The third-order valence-electron chi connectivity index (χ3n) is 6.30. The van der Waals surface area contributed by atoms with Crippen molar-refractivity contribution in [2.75, 3.05) is 17.8 Å². The Morgan fingerprint density at radius 1 is 1.06 bits per heavy atom. The van der Waals surface area contributed by atoms with E-state index in [1.807, 2.05) is 18.2 Å². The first-order valence-electron chi connectivity index (χ1n) is 11.1. The molecule has 1 aliphatic rings. The van der Waals surface area contributed by atoms with Crippen LogP contribution < -0.4 is 4.72 Å². The summed E-state index contributed by atoms with van der Waals surface area (Å²) in [5.74, 6) is 0.589. The molecule has 1 aliphatic heterocycles. The van der Waals surface area contributed by atoms with Gasteiger partial charge < -0.3 is 0 Å². The average Bonchev–Trinajstić information content (AvgIpc) is 3.48. The summed E-state index contributed by atoms with van der Waals surface area (Å²) in [6.07, 6.45) is 10.0. The molecule has 0 spiro atoms. The highest BCUT2D eigenvalue weighted by atomic mass is 32.2. The predicted molar refractivity (Wildman–Crippen MR) is 127 cm³/mol. The molecule has 0 saturated carbocycles. The molecule has 1 atom stereocenters. The molecule has 1 saturated heterocycles. The van der Waals surface area contributed by atoms with Gasteiger partial charge in [0, 0.05) is 24.7 Å². The van der Waals surface area contributed by atoms with Crippen molar-refractivity contribution in [3.05, 3.63) is 60.7 Å². The number of rotatable bonds is 6. The van der Waals surface area contributed by atoms with E-state index >= 15 is 0 Å². The van der Waals surface area contributed by atoms with E-state index in [2.05, 4.69) is 31.7 Å². The van der Waals surface area contributed by atoms with Crippen LogP contribution in [-0.4, -0.2) is 51.0 Å². The van der Waals surface area contributed by atoms with Crippen LogP contribution in [0.5, 0.6) is 0 Å². The number of piperidine rings is 1. The quantitative estimate of drug-likeness (QED) is 0.468. The molecule has 0 amide bonds. The zero-order valence-corrected chi connectivity index (χ0v) is 19.5. The summed E-state index contributed by atoms with van der Waals surface area (Å²) in [6.45, 7) is 4.39.